The van der Waals surface area contributed by atoms with Crippen LogP contribution in [0.4, 0.5) is 0 Å². The zero-order chi connectivity index (χ0) is 13.9. The molecule has 0 amide bonds. The highest BCUT2D eigenvalue weighted by molar-refractivity contribution is 5.93. The molecule has 1 atom stereocenters. The molecule has 20 heavy (non-hydrogen) atoms. The highest BCUT2D eigenvalue weighted by Gasteiger charge is 2.18. The highest BCUT2D eigenvalue weighted by Crippen LogP contribution is 2.36. The molecule has 0 heterocycles. The number of hydrogen-bond donors (Lipinski definition) is 1. The van der Waals surface area contributed by atoms with Crippen LogP contribution in [0.1, 0.15) is 61.8 Å². The second-order valence-electron chi connectivity index (χ2n) is 6.02. The first kappa shape index (κ1) is 13.6. The van der Waals surface area contributed by atoms with Crippen molar-refractivity contribution in [3.8, 4) is 0 Å². The van der Waals surface area contributed by atoms with Gasteiger partial charge in [0.25, 0.3) is 0 Å². The Morgan fingerprint density at radius 2 is 1.80 bits per heavy atom. The van der Waals surface area contributed by atoms with Crippen LogP contribution in [0.5, 0.6) is 0 Å². The van der Waals surface area contributed by atoms with Gasteiger partial charge in [-0.15, -0.1) is 0 Å². The molecule has 0 aromatic heterocycles. The van der Waals surface area contributed by atoms with Crippen molar-refractivity contribution in [2.24, 2.45) is 0 Å². The van der Waals surface area contributed by atoms with Crippen molar-refractivity contribution in [2.75, 3.05) is 0 Å². The van der Waals surface area contributed by atoms with E-state index in [9.17, 15) is 5.11 Å². The molecule has 3 rings (SSSR count). The lowest BCUT2D eigenvalue weighted by Crippen LogP contribution is -1.99. The molecule has 0 saturated carbocycles. The minimum Gasteiger partial charge on any atom is -0.388 e. The number of aryl methyl sites for hydroxylation is 2. The number of aliphatic hydroxyl groups excluding tert-OH is 1. The second kappa shape index (κ2) is 5.97. The normalized spacial score (nSPS) is 14.9. The summed E-state index contributed by atoms with van der Waals surface area (Å²) >= 11 is 0. The Hall–Kier alpha value is -1.34. The maximum Gasteiger partial charge on any atom is 0.0796 e. The third-order valence-corrected chi connectivity index (χ3v) is 4.60. The molecule has 0 spiro atoms. The van der Waals surface area contributed by atoms with E-state index in [1.807, 2.05) is 0 Å². The summed E-state index contributed by atoms with van der Waals surface area (Å²) in [4.78, 5) is 0. The van der Waals surface area contributed by atoms with Crippen LogP contribution in [0, 0.1) is 0 Å². The van der Waals surface area contributed by atoms with Crippen LogP contribution in [-0.4, -0.2) is 5.11 Å². The number of unbranched alkanes of at least 4 members (excludes halogenated alkanes) is 3. The first-order chi connectivity index (χ1) is 9.81. The van der Waals surface area contributed by atoms with Crippen LogP contribution >= 0.6 is 0 Å². The van der Waals surface area contributed by atoms with Gasteiger partial charge < -0.3 is 5.11 Å². The van der Waals surface area contributed by atoms with Crippen LogP contribution in [0.15, 0.2) is 30.3 Å². The van der Waals surface area contributed by atoms with Crippen molar-refractivity contribution in [3.63, 3.8) is 0 Å². The molecule has 2 aromatic rings. The van der Waals surface area contributed by atoms with Crippen LogP contribution in [0.25, 0.3) is 10.8 Å². The summed E-state index contributed by atoms with van der Waals surface area (Å²) in [6.45, 7) is 2.22. The molecule has 2 aromatic carbocycles. The van der Waals surface area contributed by atoms with Crippen molar-refractivity contribution in [1.82, 2.24) is 0 Å². The van der Waals surface area contributed by atoms with Crippen LogP contribution in [-0.2, 0) is 12.8 Å². The molecule has 106 valence electrons. The third kappa shape index (κ3) is 2.47. The zero-order valence-corrected chi connectivity index (χ0v) is 12.4. The van der Waals surface area contributed by atoms with Gasteiger partial charge in [-0.3, -0.25) is 0 Å². The topological polar surface area (TPSA) is 20.2 Å². The molecule has 0 fully saturated rings. The SMILES string of the molecule is CCCCCCC(O)c1ccc2c3c(cccc13)CC2. The smallest absolute Gasteiger partial charge is 0.0796 e. The largest absolute Gasteiger partial charge is 0.388 e. The molecule has 1 aliphatic rings. The van der Waals surface area contributed by atoms with Crippen molar-refractivity contribution < 1.29 is 5.11 Å². The van der Waals surface area contributed by atoms with Gasteiger partial charge in [0.1, 0.15) is 0 Å². The van der Waals surface area contributed by atoms with Gasteiger partial charge in [0.05, 0.1) is 6.10 Å². The van der Waals surface area contributed by atoms with Crippen molar-refractivity contribution >= 4 is 10.8 Å². The molecule has 1 nitrogen and oxygen atoms in total. The summed E-state index contributed by atoms with van der Waals surface area (Å²) in [5, 5.41) is 13.2. The van der Waals surface area contributed by atoms with Crippen LogP contribution in [0.2, 0.25) is 0 Å². The standard InChI is InChI=1S/C19H24O/c1-2-3-4-5-9-18(20)16-13-12-15-11-10-14-7-6-8-17(16)19(14)15/h6-8,12-13,18,20H,2-5,9-11H2,1H3. The minimum atomic E-state index is -0.309. The van der Waals surface area contributed by atoms with E-state index < -0.39 is 0 Å². The van der Waals surface area contributed by atoms with Crippen LogP contribution in [0.3, 0.4) is 0 Å². The summed E-state index contributed by atoms with van der Waals surface area (Å²) in [6.07, 6.45) is 7.77. The molecule has 1 heteroatoms. The molecular weight excluding hydrogens is 244 g/mol. The van der Waals surface area contributed by atoms with Gasteiger partial charge in [-0.2, -0.15) is 0 Å². The zero-order valence-electron chi connectivity index (χ0n) is 12.4. The Bertz CT molecular complexity index is 590. The van der Waals surface area contributed by atoms with E-state index in [2.05, 4.69) is 37.3 Å². The first-order valence-electron chi connectivity index (χ1n) is 8.02. The van der Waals surface area contributed by atoms with E-state index in [1.54, 1.807) is 0 Å². The Kier molecular flexibility index (Phi) is 4.07. The fourth-order valence-corrected chi connectivity index (χ4v) is 3.48. The maximum atomic E-state index is 10.5. The quantitative estimate of drug-likeness (QED) is 0.735. The summed E-state index contributed by atoms with van der Waals surface area (Å²) in [6, 6.07) is 10.9. The molecule has 0 bridgehead atoms. The molecule has 1 N–H and O–H groups in total. The van der Waals surface area contributed by atoms with E-state index >= 15 is 0 Å². The van der Waals surface area contributed by atoms with Crippen molar-refractivity contribution in [2.45, 2.75) is 58.0 Å². The lowest BCUT2D eigenvalue weighted by atomic mass is 9.94. The molecule has 0 aliphatic heterocycles. The minimum absolute atomic E-state index is 0.309. The van der Waals surface area contributed by atoms with E-state index in [0.717, 1.165) is 31.2 Å². The molecule has 0 saturated heterocycles. The molecular formula is C19H24O. The predicted octanol–water partition coefficient (Wildman–Crippen LogP) is 4.94. The fourth-order valence-electron chi connectivity index (χ4n) is 3.48. The van der Waals surface area contributed by atoms with E-state index in [4.69, 9.17) is 0 Å². The van der Waals surface area contributed by atoms with Gasteiger partial charge in [-0.05, 0) is 46.7 Å². The Morgan fingerprint density at radius 3 is 2.60 bits per heavy atom. The van der Waals surface area contributed by atoms with Gasteiger partial charge in [-0.25, -0.2) is 0 Å². The van der Waals surface area contributed by atoms with Gasteiger partial charge in [0.15, 0.2) is 0 Å². The number of rotatable bonds is 6. The van der Waals surface area contributed by atoms with E-state index in [1.165, 1.54) is 41.2 Å². The van der Waals surface area contributed by atoms with Crippen molar-refractivity contribution in [3.05, 3.63) is 47.0 Å². The average Bonchev–Trinajstić information content (AvgIpc) is 2.89. The number of benzene rings is 2. The Labute approximate surface area is 121 Å². The Balaban J connectivity index is 1.85. The number of hydrogen-bond acceptors (Lipinski definition) is 1. The van der Waals surface area contributed by atoms with Crippen LogP contribution < -0.4 is 0 Å². The lowest BCUT2D eigenvalue weighted by molar-refractivity contribution is 0.165. The summed E-state index contributed by atoms with van der Waals surface area (Å²) in [7, 11) is 0. The molecule has 0 radical (unpaired) electrons. The third-order valence-electron chi connectivity index (χ3n) is 4.60. The summed E-state index contributed by atoms with van der Waals surface area (Å²) < 4.78 is 0. The van der Waals surface area contributed by atoms with Gasteiger partial charge in [-0.1, -0.05) is 62.9 Å². The highest BCUT2D eigenvalue weighted by atomic mass is 16.3. The first-order valence-corrected chi connectivity index (χ1v) is 8.02. The fraction of sp³-hybridized carbons (Fsp3) is 0.474. The second-order valence-corrected chi connectivity index (χ2v) is 6.02. The maximum absolute atomic E-state index is 10.5. The van der Waals surface area contributed by atoms with E-state index in [-0.39, 0.29) is 6.10 Å². The molecule has 1 aliphatic carbocycles. The number of aliphatic hydroxyl groups is 1. The monoisotopic (exact) mass is 268 g/mol. The predicted molar refractivity (Wildman–Crippen MR) is 85.1 cm³/mol. The molecule has 1 unspecified atom stereocenters. The van der Waals surface area contributed by atoms with Gasteiger partial charge in [0.2, 0.25) is 0 Å². The Morgan fingerprint density at radius 1 is 1.00 bits per heavy atom. The van der Waals surface area contributed by atoms with E-state index in [0.29, 0.717) is 0 Å². The summed E-state index contributed by atoms with van der Waals surface area (Å²) in [5.74, 6) is 0. The van der Waals surface area contributed by atoms with Gasteiger partial charge >= 0.3 is 0 Å². The van der Waals surface area contributed by atoms with Crippen molar-refractivity contribution in [1.29, 1.82) is 0 Å². The lowest BCUT2D eigenvalue weighted by Gasteiger charge is -2.15. The van der Waals surface area contributed by atoms with Gasteiger partial charge in [0, 0.05) is 0 Å². The average molecular weight is 268 g/mol. The summed E-state index contributed by atoms with van der Waals surface area (Å²) in [5.41, 5.74) is 4.04.